The van der Waals surface area contributed by atoms with E-state index in [-0.39, 0.29) is 0 Å². The van der Waals surface area contributed by atoms with Gasteiger partial charge in [-0.25, -0.2) is 0 Å². The minimum Gasteiger partial charge on any atom is -0.493 e. The third kappa shape index (κ3) is 2.69. The number of methoxy groups -OCH3 is 2. The van der Waals surface area contributed by atoms with Crippen molar-refractivity contribution in [2.75, 3.05) is 14.2 Å². The number of benzene rings is 1. The van der Waals surface area contributed by atoms with E-state index in [1.54, 1.807) is 14.2 Å². The molecule has 20 heavy (non-hydrogen) atoms. The van der Waals surface area contributed by atoms with Crippen LogP contribution in [0.25, 0.3) is 0 Å². The van der Waals surface area contributed by atoms with E-state index in [1.165, 1.54) is 37.7 Å². The maximum atomic E-state index is 5.40. The summed E-state index contributed by atoms with van der Waals surface area (Å²) < 4.78 is 10.7. The average Bonchev–Trinajstić information content (AvgIpc) is 3.09. The molecule has 0 saturated heterocycles. The zero-order valence-corrected chi connectivity index (χ0v) is 13.9. The average molecular weight is 339 g/mol. The molecule has 3 rings (SSSR count). The SMILES string of the molecule is COc1ccc(C(Br)CC2CC3CCC2C3)cc1OC. The second kappa shape index (κ2) is 5.97. The Morgan fingerprint density at radius 1 is 1.15 bits per heavy atom. The largest absolute Gasteiger partial charge is 0.493 e. The summed E-state index contributed by atoms with van der Waals surface area (Å²) in [5.74, 6) is 4.54. The first-order valence-electron chi connectivity index (χ1n) is 7.57. The minimum atomic E-state index is 0.423. The molecule has 110 valence electrons. The molecular formula is C17H23BrO2. The summed E-state index contributed by atoms with van der Waals surface area (Å²) in [6.45, 7) is 0. The van der Waals surface area contributed by atoms with Gasteiger partial charge in [-0.2, -0.15) is 0 Å². The van der Waals surface area contributed by atoms with Crippen molar-refractivity contribution in [3.8, 4) is 11.5 Å². The van der Waals surface area contributed by atoms with Gasteiger partial charge in [-0.15, -0.1) is 0 Å². The zero-order valence-electron chi connectivity index (χ0n) is 12.3. The maximum absolute atomic E-state index is 5.40. The highest BCUT2D eigenvalue weighted by molar-refractivity contribution is 9.09. The summed E-state index contributed by atoms with van der Waals surface area (Å²) in [6.07, 6.45) is 7.11. The summed E-state index contributed by atoms with van der Waals surface area (Å²) in [5, 5.41) is 0. The summed E-state index contributed by atoms with van der Waals surface area (Å²) in [7, 11) is 3.37. The Hall–Kier alpha value is -0.700. The lowest BCUT2D eigenvalue weighted by atomic mass is 9.84. The molecule has 0 radical (unpaired) electrons. The van der Waals surface area contributed by atoms with Crippen LogP contribution in [-0.4, -0.2) is 14.2 Å². The second-order valence-electron chi connectivity index (χ2n) is 6.25. The van der Waals surface area contributed by atoms with Crippen molar-refractivity contribution in [3.63, 3.8) is 0 Å². The molecule has 0 aromatic heterocycles. The van der Waals surface area contributed by atoms with Gasteiger partial charge in [0.25, 0.3) is 0 Å². The second-order valence-corrected chi connectivity index (χ2v) is 7.36. The molecule has 3 heteroatoms. The summed E-state index contributed by atoms with van der Waals surface area (Å²) in [5.41, 5.74) is 1.30. The van der Waals surface area contributed by atoms with Gasteiger partial charge in [0.15, 0.2) is 11.5 Å². The van der Waals surface area contributed by atoms with E-state index >= 15 is 0 Å². The Morgan fingerprint density at radius 2 is 1.95 bits per heavy atom. The molecule has 0 spiro atoms. The van der Waals surface area contributed by atoms with Crippen molar-refractivity contribution in [2.24, 2.45) is 17.8 Å². The van der Waals surface area contributed by atoms with Crippen molar-refractivity contribution in [1.29, 1.82) is 0 Å². The Labute approximate surface area is 130 Å². The molecule has 1 aromatic carbocycles. The van der Waals surface area contributed by atoms with Crippen LogP contribution in [-0.2, 0) is 0 Å². The molecule has 0 aliphatic heterocycles. The molecule has 0 N–H and O–H groups in total. The van der Waals surface area contributed by atoms with E-state index in [9.17, 15) is 0 Å². The van der Waals surface area contributed by atoms with Crippen molar-refractivity contribution in [3.05, 3.63) is 23.8 Å². The fourth-order valence-electron chi connectivity index (χ4n) is 4.11. The first kappa shape index (κ1) is 14.2. The van der Waals surface area contributed by atoms with Crippen LogP contribution in [0.15, 0.2) is 18.2 Å². The predicted molar refractivity (Wildman–Crippen MR) is 84.8 cm³/mol. The normalized spacial score (nSPS) is 29.4. The Balaban J connectivity index is 1.69. The standard InChI is InChI=1S/C17H23BrO2/c1-19-16-6-5-13(10-17(16)20-2)15(18)9-14-8-11-3-4-12(14)7-11/h5-6,10-12,14-15H,3-4,7-9H2,1-2H3. The molecule has 1 aromatic rings. The molecule has 2 fully saturated rings. The Morgan fingerprint density at radius 3 is 2.55 bits per heavy atom. The van der Waals surface area contributed by atoms with Gasteiger partial charge in [-0.05, 0) is 61.1 Å². The number of alkyl halides is 1. The molecule has 2 aliphatic carbocycles. The van der Waals surface area contributed by atoms with E-state index < -0.39 is 0 Å². The van der Waals surface area contributed by atoms with Gasteiger partial charge in [0.05, 0.1) is 14.2 Å². The molecule has 4 atom stereocenters. The molecule has 0 amide bonds. The lowest BCUT2D eigenvalue weighted by molar-refractivity contribution is 0.313. The van der Waals surface area contributed by atoms with E-state index in [2.05, 4.69) is 28.1 Å². The van der Waals surface area contributed by atoms with Crippen molar-refractivity contribution < 1.29 is 9.47 Å². The van der Waals surface area contributed by atoms with Crippen molar-refractivity contribution in [1.82, 2.24) is 0 Å². The van der Waals surface area contributed by atoms with Gasteiger partial charge in [0.1, 0.15) is 0 Å². The molecule has 2 saturated carbocycles. The summed E-state index contributed by atoms with van der Waals surface area (Å²) in [6, 6.07) is 6.25. The van der Waals surface area contributed by atoms with Crippen LogP contribution < -0.4 is 9.47 Å². The number of rotatable bonds is 5. The lowest BCUT2D eigenvalue weighted by Gasteiger charge is -2.24. The van der Waals surface area contributed by atoms with Gasteiger partial charge in [0, 0.05) is 4.83 Å². The lowest BCUT2D eigenvalue weighted by Crippen LogP contribution is -2.12. The zero-order chi connectivity index (χ0) is 14.1. The van der Waals surface area contributed by atoms with Crippen LogP contribution >= 0.6 is 15.9 Å². The molecular weight excluding hydrogens is 316 g/mol. The Bertz CT molecular complexity index is 474. The highest BCUT2D eigenvalue weighted by Crippen LogP contribution is 2.52. The summed E-state index contributed by atoms with van der Waals surface area (Å²) in [4.78, 5) is 0.423. The predicted octanol–water partition coefficient (Wildman–Crippen LogP) is 4.97. The number of hydrogen-bond acceptors (Lipinski definition) is 2. The first-order chi connectivity index (χ1) is 9.71. The van der Waals surface area contributed by atoms with Gasteiger partial charge in [0.2, 0.25) is 0 Å². The highest BCUT2D eigenvalue weighted by Gasteiger charge is 2.39. The topological polar surface area (TPSA) is 18.5 Å². The van der Waals surface area contributed by atoms with Gasteiger partial charge < -0.3 is 9.47 Å². The summed E-state index contributed by atoms with van der Waals surface area (Å²) >= 11 is 3.88. The molecule has 2 bridgehead atoms. The number of halogens is 1. The van der Waals surface area contributed by atoms with Gasteiger partial charge >= 0.3 is 0 Å². The highest BCUT2D eigenvalue weighted by atomic mass is 79.9. The van der Waals surface area contributed by atoms with Gasteiger partial charge in [-0.1, -0.05) is 28.4 Å². The van der Waals surface area contributed by atoms with Crippen molar-refractivity contribution in [2.45, 2.75) is 36.9 Å². The third-order valence-corrected chi connectivity index (χ3v) is 6.07. The first-order valence-corrected chi connectivity index (χ1v) is 8.48. The van der Waals surface area contributed by atoms with E-state index in [1.807, 2.05) is 6.07 Å². The fourth-order valence-corrected chi connectivity index (χ4v) is 4.88. The Kier molecular flexibility index (Phi) is 4.25. The molecule has 4 unspecified atom stereocenters. The fraction of sp³-hybridized carbons (Fsp3) is 0.647. The molecule has 2 aliphatic rings. The van der Waals surface area contributed by atoms with Crippen LogP contribution in [0.5, 0.6) is 11.5 Å². The third-order valence-electron chi connectivity index (χ3n) is 5.16. The quantitative estimate of drug-likeness (QED) is 0.706. The minimum absolute atomic E-state index is 0.423. The maximum Gasteiger partial charge on any atom is 0.161 e. The van der Waals surface area contributed by atoms with Crippen LogP contribution in [0.3, 0.4) is 0 Å². The smallest absolute Gasteiger partial charge is 0.161 e. The van der Waals surface area contributed by atoms with E-state index in [4.69, 9.17) is 9.47 Å². The van der Waals surface area contributed by atoms with Crippen molar-refractivity contribution >= 4 is 15.9 Å². The number of ether oxygens (including phenoxy) is 2. The van der Waals surface area contributed by atoms with Crippen LogP contribution in [0.1, 0.15) is 42.5 Å². The monoisotopic (exact) mass is 338 g/mol. The van der Waals surface area contributed by atoms with E-state index in [0.29, 0.717) is 4.83 Å². The molecule has 0 heterocycles. The van der Waals surface area contributed by atoms with Crippen LogP contribution in [0, 0.1) is 17.8 Å². The number of fused-ring (bicyclic) bond motifs is 2. The van der Waals surface area contributed by atoms with E-state index in [0.717, 1.165) is 29.3 Å². The van der Waals surface area contributed by atoms with Crippen LogP contribution in [0.2, 0.25) is 0 Å². The number of hydrogen-bond donors (Lipinski definition) is 0. The molecule has 2 nitrogen and oxygen atoms in total. The van der Waals surface area contributed by atoms with Gasteiger partial charge in [-0.3, -0.25) is 0 Å². The van der Waals surface area contributed by atoms with Crippen LogP contribution in [0.4, 0.5) is 0 Å².